The van der Waals surface area contributed by atoms with Crippen LogP contribution < -0.4 is 0 Å². The van der Waals surface area contributed by atoms with Crippen molar-refractivity contribution in [2.24, 2.45) is 0 Å². The predicted molar refractivity (Wildman–Crippen MR) is 64.9 cm³/mol. The van der Waals surface area contributed by atoms with Gasteiger partial charge >= 0.3 is 0 Å². The summed E-state index contributed by atoms with van der Waals surface area (Å²) in [5, 5.41) is 0. The highest BCUT2D eigenvalue weighted by molar-refractivity contribution is 5.62. The Morgan fingerprint density at radius 2 is 1.79 bits per heavy atom. The van der Waals surface area contributed by atoms with Crippen molar-refractivity contribution in [2.45, 2.75) is 26.2 Å². The summed E-state index contributed by atoms with van der Waals surface area (Å²) in [7, 11) is 0. The molecule has 0 aliphatic heterocycles. The quantitative estimate of drug-likeness (QED) is 0.620. The van der Waals surface area contributed by atoms with Crippen LogP contribution in [0, 0.1) is 12.8 Å². The van der Waals surface area contributed by atoms with Crippen molar-refractivity contribution in [3.8, 4) is 12.8 Å². The molecule has 74 valence electrons. The standard InChI is InChI=1S/C12H16.C2H2/c1-3-4-8-11(2)12-9-6-5-7-10-12;1-2/h5-7,9-10H,2-4,8H2,1H3;1-2H. The second-order valence-electron chi connectivity index (χ2n) is 3.07. The van der Waals surface area contributed by atoms with Gasteiger partial charge in [0, 0.05) is 0 Å². The van der Waals surface area contributed by atoms with Gasteiger partial charge in [0.1, 0.15) is 0 Å². The summed E-state index contributed by atoms with van der Waals surface area (Å²) in [5.74, 6) is 0. The molecular formula is C14H18. The molecule has 0 radical (unpaired) electrons. The van der Waals surface area contributed by atoms with E-state index in [0.717, 1.165) is 6.42 Å². The van der Waals surface area contributed by atoms with Crippen LogP contribution in [0.4, 0.5) is 0 Å². The Hall–Kier alpha value is -1.48. The number of hydrogen-bond acceptors (Lipinski definition) is 0. The van der Waals surface area contributed by atoms with E-state index >= 15 is 0 Å². The zero-order valence-corrected chi connectivity index (χ0v) is 8.87. The van der Waals surface area contributed by atoms with Crippen molar-refractivity contribution in [3.63, 3.8) is 0 Å². The molecule has 0 amide bonds. The summed E-state index contributed by atoms with van der Waals surface area (Å²) >= 11 is 0. The Kier molecular flexibility index (Phi) is 7.27. The van der Waals surface area contributed by atoms with Gasteiger partial charge in [-0.05, 0) is 24.0 Å². The number of unbranched alkanes of at least 4 members (excludes halogenated alkanes) is 1. The Bertz CT molecular complexity index is 267. The molecule has 0 spiro atoms. The van der Waals surface area contributed by atoms with E-state index in [1.807, 2.05) is 6.07 Å². The van der Waals surface area contributed by atoms with Crippen LogP contribution in [0.1, 0.15) is 31.7 Å². The Labute approximate surface area is 87.7 Å². The van der Waals surface area contributed by atoms with E-state index < -0.39 is 0 Å². The lowest BCUT2D eigenvalue weighted by atomic mass is 10.0. The van der Waals surface area contributed by atoms with E-state index in [1.54, 1.807) is 0 Å². The maximum atomic E-state index is 4.06. The smallest absolute Gasteiger partial charge is 0.0230 e. The first kappa shape index (κ1) is 12.5. The lowest BCUT2D eigenvalue weighted by Gasteiger charge is -2.03. The minimum absolute atomic E-state index is 1.13. The van der Waals surface area contributed by atoms with E-state index in [2.05, 4.69) is 50.6 Å². The van der Waals surface area contributed by atoms with E-state index in [1.165, 1.54) is 24.0 Å². The molecule has 0 aromatic heterocycles. The minimum atomic E-state index is 1.13. The normalized spacial score (nSPS) is 8.50. The SMILES string of the molecule is C#C.C=C(CCCC)c1ccccc1. The average molecular weight is 186 g/mol. The third-order valence-corrected chi connectivity index (χ3v) is 2.01. The van der Waals surface area contributed by atoms with Crippen LogP contribution in [0.3, 0.4) is 0 Å². The number of allylic oxidation sites excluding steroid dienone is 1. The molecule has 0 saturated carbocycles. The second-order valence-corrected chi connectivity index (χ2v) is 3.07. The van der Waals surface area contributed by atoms with Gasteiger partial charge < -0.3 is 0 Å². The molecule has 0 heteroatoms. The Balaban J connectivity index is 0.000000791. The van der Waals surface area contributed by atoms with Crippen LogP contribution in [-0.2, 0) is 0 Å². The molecule has 0 N–H and O–H groups in total. The van der Waals surface area contributed by atoms with Crippen LogP contribution in [0.15, 0.2) is 36.9 Å². The second kappa shape index (κ2) is 8.13. The van der Waals surface area contributed by atoms with Crippen molar-refractivity contribution in [3.05, 3.63) is 42.5 Å². The fraction of sp³-hybridized carbons (Fsp3) is 0.286. The van der Waals surface area contributed by atoms with E-state index in [9.17, 15) is 0 Å². The van der Waals surface area contributed by atoms with Gasteiger partial charge in [-0.2, -0.15) is 0 Å². The zero-order valence-electron chi connectivity index (χ0n) is 8.87. The van der Waals surface area contributed by atoms with E-state index in [-0.39, 0.29) is 0 Å². The van der Waals surface area contributed by atoms with Gasteiger partial charge in [-0.3, -0.25) is 0 Å². The third kappa shape index (κ3) is 4.52. The largest absolute Gasteiger partial charge is 0.124 e. The first-order valence-electron chi connectivity index (χ1n) is 4.91. The zero-order chi connectivity index (χ0) is 10.8. The number of benzene rings is 1. The molecule has 0 aliphatic carbocycles. The van der Waals surface area contributed by atoms with Crippen molar-refractivity contribution in [1.82, 2.24) is 0 Å². The maximum Gasteiger partial charge on any atom is -0.0230 e. The molecule has 1 aromatic carbocycles. The van der Waals surface area contributed by atoms with Gasteiger partial charge in [0.15, 0.2) is 0 Å². The molecule has 1 aromatic rings. The lowest BCUT2D eigenvalue weighted by Crippen LogP contribution is -1.81. The molecule has 1 rings (SSSR count). The number of hydrogen-bond donors (Lipinski definition) is 0. The minimum Gasteiger partial charge on any atom is -0.124 e. The highest BCUT2D eigenvalue weighted by Gasteiger charge is 1.95. The summed E-state index contributed by atoms with van der Waals surface area (Å²) < 4.78 is 0. The molecule has 0 nitrogen and oxygen atoms in total. The van der Waals surface area contributed by atoms with E-state index in [0.29, 0.717) is 0 Å². The van der Waals surface area contributed by atoms with Crippen LogP contribution in [0.5, 0.6) is 0 Å². The Morgan fingerprint density at radius 1 is 1.21 bits per heavy atom. The summed E-state index contributed by atoms with van der Waals surface area (Å²) in [6.07, 6.45) is 11.6. The van der Waals surface area contributed by atoms with Gasteiger partial charge in [0.05, 0.1) is 0 Å². The lowest BCUT2D eigenvalue weighted by molar-refractivity contribution is 0.825. The van der Waals surface area contributed by atoms with Gasteiger partial charge in [0.2, 0.25) is 0 Å². The topological polar surface area (TPSA) is 0 Å². The molecule has 0 heterocycles. The first-order chi connectivity index (χ1) is 6.84. The summed E-state index contributed by atoms with van der Waals surface area (Å²) in [4.78, 5) is 0. The van der Waals surface area contributed by atoms with Crippen molar-refractivity contribution in [2.75, 3.05) is 0 Å². The van der Waals surface area contributed by atoms with Gasteiger partial charge in [-0.25, -0.2) is 0 Å². The monoisotopic (exact) mass is 186 g/mol. The van der Waals surface area contributed by atoms with Gasteiger partial charge in [-0.1, -0.05) is 50.3 Å². The molecular weight excluding hydrogens is 168 g/mol. The van der Waals surface area contributed by atoms with Crippen LogP contribution in [0.2, 0.25) is 0 Å². The van der Waals surface area contributed by atoms with Crippen LogP contribution in [0.25, 0.3) is 5.57 Å². The fourth-order valence-corrected chi connectivity index (χ4v) is 1.21. The maximum absolute atomic E-state index is 4.06. The highest BCUT2D eigenvalue weighted by Crippen LogP contribution is 2.17. The molecule has 0 fully saturated rings. The number of rotatable bonds is 4. The molecule has 0 atom stereocenters. The summed E-state index contributed by atoms with van der Waals surface area (Å²) in [6, 6.07) is 10.4. The first-order valence-corrected chi connectivity index (χ1v) is 4.91. The van der Waals surface area contributed by atoms with Crippen molar-refractivity contribution in [1.29, 1.82) is 0 Å². The predicted octanol–water partition coefficient (Wildman–Crippen LogP) is 4.14. The molecule has 0 unspecified atom stereocenters. The van der Waals surface area contributed by atoms with Gasteiger partial charge in [0.25, 0.3) is 0 Å². The molecule has 0 bridgehead atoms. The van der Waals surface area contributed by atoms with Gasteiger partial charge in [-0.15, -0.1) is 12.8 Å². The summed E-state index contributed by atoms with van der Waals surface area (Å²) in [6.45, 7) is 6.27. The van der Waals surface area contributed by atoms with E-state index in [4.69, 9.17) is 0 Å². The Morgan fingerprint density at radius 3 is 2.29 bits per heavy atom. The van der Waals surface area contributed by atoms with Crippen molar-refractivity contribution < 1.29 is 0 Å². The highest BCUT2D eigenvalue weighted by atomic mass is 14.0. The molecule has 0 saturated heterocycles. The van der Waals surface area contributed by atoms with Crippen molar-refractivity contribution >= 4 is 5.57 Å². The molecule has 0 aliphatic rings. The fourth-order valence-electron chi connectivity index (χ4n) is 1.21. The molecule has 14 heavy (non-hydrogen) atoms. The van der Waals surface area contributed by atoms with Crippen LogP contribution >= 0.6 is 0 Å². The third-order valence-electron chi connectivity index (χ3n) is 2.01. The van der Waals surface area contributed by atoms with Crippen LogP contribution in [-0.4, -0.2) is 0 Å². The average Bonchev–Trinajstić information content (AvgIpc) is 2.30. The number of terminal acetylenes is 1. The summed E-state index contributed by atoms with van der Waals surface area (Å²) in [5.41, 5.74) is 2.54.